The van der Waals surface area contributed by atoms with Gasteiger partial charge in [-0.15, -0.1) is 0 Å². The number of carbonyl (C=O) groups is 3. The van der Waals surface area contributed by atoms with Gasteiger partial charge < -0.3 is 14.9 Å². The van der Waals surface area contributed by atoms with Crippen molar-refractivity contribution in [2.45, 2.75) is 20.1 Å². The van der Waals surface area contributed by atoms with Gasteiger partial charge in [0.1, 0.15) is 6.23 Å². The average Bonchev–Trinajstić information content (AvgIpc) is 2.14. The van der Waals surface area contributed by atoms with Crippen molar-refractivity contribution < 1.29 is 29.3 Å². The van der Waals surface area contributed by atoms with E-state index in [0.29, 0.717) is 17.7 Å². The fraction of sp³-hybridized carbons (Fsp3) is 0.300. The fourth-order valence-electron chi connectivity index (χ4n) is 0.412. The molecule has 7 nitrogen and oxygen atoms in total. The second-order valence-corrected chi connectivity index (χ2v) is 2.90. The number of esters is 1. The molecule has 0 aromatic rings. The zero-order valence-electron chi connectivity index (χ0n) is 9.54. The van der Waals surface area contributed by atoms with Crippen molar-refractivity contribution in [3.63, 3.8) is 0 Å². The summed E-state index contributed by atoms with van der Waals surface area (Å²) in [5.41, 5.74) is 5.51. The van der Waals surface area contributed by atoms with Gasteiger partial charge in [0, 0.05) is 17.7 Å². The topological polar surface area (TPSA) is 127 Å². The number of carbonyl (C=O) groups excluding carboxylic acids is 1. The quantitative estimate of drug-likeness (QED) is 0.364. The summed E-state index contributed by atoms with van der Waals surface area (Å²) < 4.78 is 4.55. The molecular weight excluding hydrogens is 230 g/mol. The van der Waals surface area contributed by atoms with Gasteiger partial charge in [-0.3, -0.25) is 5.73 Å². The normalized spacial score (nSPS) is 11.0. The maximum atomic E-state index is 10.6. The summed E-state index contributed by atoms with van der Waals surface area (Å²) in [5.74, 6) is -2.95. The van der Waals surface area contributed by atoms with Crippen molar-refractivity contribution in [2.75, 3.05) is 0 Å². The molecule has 0 heterocycles. The van der Waals surface area contributed by atoms with Gasteiger partial charge in [-0.25, -0.2) is 14.4 Å². The second kappa shape index (κ2) is 9.10. The fourth-order valence-corrected chi connectivity index (χ4v) is 0.412. The molecule has 0 aliphatic heterocycles. The summed E-state index contributed by atoms with van der Waals surface area (Å²) in [6.07, 6.45) is 0.569. The maximum Gasteiger partial charge on any atom is 0.334 e. The molecule has 0 radical (unpaired) electrons. The largest absolute Gasteiger partial charge is 0.478 e. The van der Waals surface area contributed by atoms with Crippen LogP contribution in [0.1, 0.15) is 13.8 Å². The minimum atomic E-state index is -1.26. The minimum Gasteiger partial charge on any atom is -0.478 e. The van der Waals surface area contributed by atoms with E-state index in [2.05, 4.69) is 11.3 Å². The highest BCUT2D eigenvalue weighted by Crippen LogP contribution is 1.92. The molecule has 1 unspecified atom stereocenters. The number of rotatable bonds is 4. The van der Waals surface area contributed by atoms with Crippen LogP contribution in [0.5, 0.6) is 0 Å². The molecule has 0 aromatic heterocycles. The summed E-state index contributed by atoms with van der Waals surface area (Å²) in [7, 11) is 0. The van der Waals surface area contributed by atoms with Crippen LogP contribution in [0.2, 0.25) is 0 Å². The van der Waals surface area contributed by atoms with Crippen LogP contribution in [0.3, 0.4) is 0 Å². The molecule has 0 spiro atoms. The Morgan fingerprint density at radius 3 is 1.71 bits per heavy atom. The second-order valence-electron chi connectivity index (χ2n) is 2.90. The van der Waals surface area contributed by atoms with Gasteiger partial charge in [-0.05, 0) is 13.8 Å². The maximum absolute atomic E-state index is 10.6. The first-order chi connectivity index (χ1) is 7.66. The summed E-state index contributed by atoms with van der Waals surface area (Å²) in [4.78, 5) is 29.7. The lowest BCUT2D eigenvalue weighted by molar-refractivity contribution is -0.143. The Bertz CT molecular complexity index is 316. The van der Waals surface area contributed by atoms with Gasteiger partial charge in [0.05, 0.1) is 0 Å². The lowest BCUT2D eigenvalue weighted by Crippen LogP contribution is -2.23. The van der Waals surface area contributed by atoms with Crippen LogP contribution < -0.4 is 5.73 Å². The highest BCUT2D eigenvalue weighted by Gasteiger charge is 2.03. The molecule has 7 heteroatoms. The third-order valence-corrected chi connectivity index (χ3v) is 1.01. The molecule has 96 valence electrons. The van der Waals surface area contributed by atoms with Crippen LogP contribution in [0.15, 0.2) is 24.3 Å². The van der Waals surface area contributed by atoms with E-state index >= 15 is 0 Å². The third kappa shape index (κ3) is 16.5. The number of nitrogens with two attached hydrogens (primary N) is 1. The van der Waals surface area contributed by atoms with E-state index in [0.717, 1.165) is 0 Å². The van der Waals surface area contributed by atoms with E-state index in [1.54, 1.807) is 13.8 Å². The zero-order chi connectivity index (χ0) is 14.0. The van der Waals surface area contributed by atoms with Gasteiger partial charge in [0.2, 0.25) is 0 Å². The van der Waals surface area contributed by atoms with Crippen molar-refractivity contribution in [1.82, 2.24) is 0 Å². The zero-order valence-corrected chi connectivity index (χ0v) is 9.54. The predicted molar refractivity (Wildman–Crippen MR) is 59.0 cm³/mol. The molecule has 0 saturated heterocycles. The van der Waals surface area contributed by atoms with Gasteiger partial charge in [-0.1, -0.05) is 6.58 Å². The van der Waals surface area contributed by atoms with Crippen molar-refractivity contribution in [3.05, 3.63) is 24.3 Å². The highest BCUT2D eigenvalue weighted by molar-refractivity contribution is 5.89. The van der Waals surface area contributed by atoms with Crippen molar-refractivity contribution in [1.29, 1.82) is 0 Å². The van der Waals surface area contributed by atoms with Crippen LogP contribution in [0.25, 0.3) is 0 Å². The summed E-state index contributed by atoms with van der Waals surface area (Å²) in [6.45, 7) is 6.54. The highest BCUT2D eigenvalue weighted by atomic mass is 16.6. The van der Waals surface area contributed by atoms with E-state index in [9.17, 15) is 14.4 Å². The Hall–Kier alpha value is -2.15. The number of hydrogen-bond donors (Lipinski definition) is 3. The van der Waals surface area contributed by atoms with Crippen LogP contribution in [-0.4, -0.2) is 34.3 Å². The molecular formula is C10H15NO6. The predicted octanol–water partition coefficient (Wildman–Crippen LogP) is 0.122. The number of carboxylic acids is 2. The Kier molecular flexibility index (Phi) is 9.24. The lowest BCUT2D eigenvalue weighted by Gasteiger charge is -2.05. The molecule has 0 aliphatic carbocycles. The standard InChI is InChI=1S/C6H11NO2.C4H4O4/c1-4(2)6(8)9-5(3)7;5-3(6)1-2-4(7)8/h5H,1,7H2,2-3H3;1-2H,(H,5,6)(H,7,8)/b;2-1-. The van der Waals surface area contributed by atoms with E-state index in [4.69, 9.17) is 15.9 Å². The first kappa shape index (κ1) is 17.3. The monoisotopic (exact) mass is 245 g/mol. The van der Waals surface area contributed by atoms with Crippen LogP contribution in [0, 0.1) is 0 Å². The van der Waals surface area contributed by atoms with Crippen molar-refractivity contribution in [3.8, 4) is 0 Å². The number of ether oxygens (including phenoxy) is 1. The first-order valence-electron chi connectivity index (χ1n) is 4.42. The SMILES string of the molecule is C=C(C)C(=O)OC(C)N.O=C(O)/C=C\C(=O)O. The molecule has 4 N–H and O–H groups in total. The Balaban J connectivity index is 0. The summed E-state index contributed by atoms with van der Waals surface area (Å²) >= 11 is 0. The van der Waals surface area contributed by atoms with E-state index in [-0.39, 0.29) is 0 Å². The van der Waals surface area contributed by atoms with Gasteiger partial charge >= 0.3 is 17.9 Å². The summed E-state index contributed by atoms with van der Waals surface area (Å²) in [5, 5.41) is 15.6. The van der Waals surface area contributed by atoms with Gasteiger partial charge in [0.25, 0.3) is 0 Å². The van der Waals surface area contributed by atoms with Crippen LogP contribution in [-0.2, 0) is 19.1 Å². The molecule has 0 fully saturated rings. The number of hydrogen-bond acceptors (Lipinski definition) is 5. The number of aliphatic carboxylic acids is 2. The van der Waals surface area contributed by atoms with Crippen molar-refractivity contribution in [2.24, 2.45) is 5.73 Å². The Labute approximate surface area is 98.2 Å². The molecule has 0 amide bonds. The van der Waals surface area contributed by atoms with Gasteiger partial charge in [-0.2, -0.15) is 0 Å². The van der Waals surface area contributed by atoms with E-state index in [1.165, 1.54) is 0 Å². The number of carboxylic acid groups (broad SMARTS) is 2. The molecule has 0 bridgehead atoms. The third-order valence-electron chi connectivity index (χ3n) is 1.01. The molecule has 17 heavy (non-hydrogen) atoms. The van der Waals surface area contributed by atoms with Crippen LogP contribution in [0.4, 0.5) is 0 Å². The van der Waals surface area contributed by atoms with E-state index in [1.807, 2.05) is 0 Å². The molecule has 0 saturated carbocycles. The molecule has 1 atom stereocenters. The summed E-state index contributed by atoms with van der Waals surface area (Å²) in [6, 6.07) is 0. The first-order valence-corrected chi connectivity index (χ1v) is 4.42. The lowest BCUT2D eigenvalue weighted by atomic mass is 10.4. The molecule has 0 rings (SSSR count). The Morgan fingerprint density at radius 2 is 1.59 bits per heavy atom. The smallest absolute Gasteiger partial charge is 0.334 e. The minimum absolute atomic E-state index is 0.368. The van der Waals surface area contributed by atoms with Crippen molar-refractivity contribution >= 4 is 17.9 Å². The van der Waals surface area contributed by atoms with Crippen LogP contribution >= 0.6 is 0 Å². The average molecular weight is 245 g/mol. The Morgan fingerprint density at radius 1 is 1.24 bits per heavy atom. The molecule has 0 aliphatic rings. The molecule has 0 aromatic carbocycles. The van der Waals surface area contributed by atoms with Gasteiger partial charge in [0.15, 0.2) is 0 Å². The van der Waals surface area contributed by atoms with E-state index < -0.39 is 24.1 Å².